The minimum absolute atomic E-state index is 0.0595. The maximum Gasteiger partial charge on any atom is 0.164 e. The highest BCUT2D eigenvalue weighted by Gasteiger charge is 2.52. The first-order valence-corrected chi connectivity index (χ1v) is 37.3. The van der Waals surface area contributed by atoms with Crippen molar-refractivity contribution in [2.24, 2.45) is 0 Å². The molecule has 0 fully saturated rings. The lowest BCUT2D eigenvalue weighted by Gasteiger charge is -2.31. The summed E-state index contributed by atoms with van der Waals surface area (Å²) in [6, 6.07) is 137. The molecule has 2 aromatic heterocycles. The molecule has 510 valence electrons. The van der Waals surface area contributed by atoms with Crippen molar-refractivity contribution in [2.75, 3.05) is 0 Å². The Balaban J connectivity index is 0.802. The maximum absolute atomic E-state index is 5.72. The monoisotopic (exact) mass is 1390 g/mol. The first-order chi connectivity index (χ1) is 53.9. The molecule has 0 amide bonds. The fourth-order valence-corrected chi connectivity index (χ4v) is 16.7. The lowest BCUT2D eigenvalue weighted by atomic mass is 9.70. The average Bonchev–Trinajstić information content (AvgIpc) is 1.51. The third-order valence-electron chi connectivity index (χ3n) is 21.9. The molecule has 6 heteroatoms. The van der Waals surface area contributed by atoms with Crippen LogP contribution in [0.4, 0.5) is 0 Å². The highest BCUT2D eigenvalue weighted by molar-refractivity contribution is 5.97. The molecule has 1 spiro atoms. The molecule has 3 aliphatic carbocycles. The number of nitrogens with zero attached hydrogens (tertiary/aromatic N) is 6. The molecule has 0 saturated carbocycles. The van der Waals surface area contributed by atoms with Crippen LogP contribution in [0.2, 0.25) is 0 Å². The lowest BCUT2D eigenvalue weighted by molar-refractivity contribution is 0.794. The molecule has 3 aliphatic rings. The van der Waals surface area contributed by atoms with Crippen molar-refractivity contribution < 1.29 is 0 Å². The van der Waals surface area contributed by atoms with Crippen LogP contribution in [0, 0.1) is 0 Å². The van der Waals surface area contributed by atoms with E-state index >= 15 is 0 Å². The van der Waals surface area contributed by atoms with Gasteiger partial charge in [-0.1, -0.05) is 322 Å². The van der Waals surface area contributed by atoms with Gasteiger partial charge in [0.05, 0.1) is 5.41 Å². The fraction of sp³-hybridized carbons (Fsp3) is 0.0291. The van der Waals surface area contributed by atoms with Gasteiger partial charge < -0.3 is 0 Å². The summed E-state index contributed by atoms with van der Waals surface area (Å²) < 4.78 is 0. The summed E-state index contributed by atoms with van der Waals surface area (Å²) in [5, 5.41) is 0. The summed E-state index contributed by atoms with van der Waals surface area (Å²) in [6.07, 6.45) is 5.40. The number of allylic oxidation sites excluding steroid dienone is 4. The van der Waals surface area contributed by atoms with Crippen LogP contribution in [0.15, 0.2) is 394 Å². The van der Waals surface area contributed by atoms with E-state index in [9.17, 15) is 0 Å². The molecule has 1 unspecified atom stereocenters. The third kappa shape index (κ3) is 11.9. The molecule has 109 heavy (non-hydrogen) atoms. The van der Waals surface area contributed by atoms with Gasteiger partial charge in [-0.25, -0.2) is 29.9 Å². The zero-order valence-electron chi connectivity index (χ0n) is 59.5. The SMILES string of the molecule is C1=C(c2ccccc2)C=C(c2nc(-c3cc(-c4ccccc4)cc(-c4ccccc4)c3)nc(-c3ccc4c(c3)C3(c5ccccc5-c5ccccc53)c3cc(-c5nc(-c6cc(-c7ccccc7)cc(-c7ccccc7)c6)nc(-c6cc(-c7ccccc7)cc(-c7ccccc7)c6)n5)ccc3-4)n2)CC1c1ccccc1. The highest BCUT2D eigenvalue weighted by atomic mass is 15.0. The van der Waals surface area contributed by atoms with E-state index < -0.39 is 5.41 Å². The Morgan fingerprint density at radius 2 is 0.468 bits per heavy atom. The van der Waals surface area contributed by atoms with Gasteiger partial charge in [-0.05, 0) is 213 Å². The van der Waals surface area contributed by atoms with Crippen LogP contribution in [-0.4, -0.2) is 29.9 Å². The topological polar surface area (TPSA) is 77.3 Å². The van der Waals surface area contributed by atoms with E-state index in [0.717, 1.165) is 134 Å². The molecule has 2 heterocycles. The summed E-state index contributed by atoms with van der Waals surface area (Å²) in [5.41, 5.74) is 30.3. The number of benzene rings is 15. The fourth-order valence-electron chi connectivity index (χ4n) is 16.7. The number of aromatic nitrogens is 6. The van der Waals surface area contributed by atoms with Crippen LogP contribution in [0.5, 0.6) is 0 Å². The van der Waals surface area contributed by atoms with Gasteiger partial charge in [-0.2, -0.15) is 0 Å². The van der Waals surface area contributed by atoms with Gasteiger partial charge in [-0.3, -0.25) is 0 Å². The normalized spacial score (nSPS) is 13.6. The zero-order chi connectivity index (χ0) is 72.2. The molecule has 0 aliphatic heterocycles. The van der Waals surface area contributed by atoms with Crippen LogP contribution in [-0.2, 0) is 5.41 Å². The van der Waals surface area contributed by atoms with Crippen molar-refractivity contribution in [3.8, 4) is 146 Å². The van der Waals surface area contributed by atoms with Gasteiger partial charge in [0.1, 0.15) is 0 Å². The van der Waals surface area contributed by atoms with Crippen molar-refractivity contribution >= 4 is 11.1 Å². The third-order valence-corrected chi connectivity index (χ3v) is 21.9. The minimum Gasteiger partial charge on any atom is -0.209 e. The molecule has 17 aromatic rings. The first-order valence-electron chi connectivity index (χ1n) is 37.3. The second-order valence-corrected chi connectivity index (χ2v) is 28.4. The Morgan fingerprint density at radius 3 is 0.807 bits per heavy atom. The second-order valence-electron chi connectivity index (χ2n) is 28.4. The van der Waals surface area contributed by atoms with E-state index in [-0.39, 0.29) is 5.92 Å². The lowest BCUT2D eigenvalue weighted by Crippen LogP contribution is -2.26. The van der Waals surface area contributed by atoms with E-state index in [4.69, 9.17) is 29.9 Å². The van der Waals surface area contributed by atoms with Gasteiger partial charge >= 0.3 is 0 Å². The maximum atomic E-state index is 5.72. The average molecular weight is 1390 g/mol. The first kappa shape index (κ1) is 64.4. The van der Waals surface area contributed by atoms with Gasteiger partial charge in [-0.15, -0.1) is 0 Å². The molecular formula is C103H68N6. The van der Waals surface area contributed by atoms with E-state index in [2.05, 4.69) is 394 Å². The van der Waals surface area contributed by atoms with Gasteiger partial charge in [0, 0.05) is 33.7 Å². The van der Waals surface area contributed by atoms with Crippen LogP contribution in [0.1, 0.15) is 51.5 Å². The van der Waals surface area contributed by atoms with E-state index in [1.165, 1.54) is 27.8 Å². The summed E-state index contributed by atoms with van der Waals surface area (Å²) in [4.78, 5) is 34.0. The van der Waals surface area contributed by atoms with Crippen LogP contribution >= 0.6 is 0 Å². The summed E-state index contributed by atoms with van der Waals surface area (Å²) in [5.74, 6) is 3.54. The highest BCUT2D eigenvalue weighted by Crippen LogP contribution is 2.64. The molecule has 0 N–H and O–H groups in total. The quantitative estimate of drug-likeness (QED) is 0.108. The van der Waals surface area contributed by atoms with Crippen molar-refractivity contribution in [1.82, 2.24) is 29.9 Å². The van der Waals surface area contributed by atoms with Gasteiger partial charge in [0.25, 0.3) is 0 Å². The number of hydrogen-bond acceptors (Lipinski definition) is 6. The van der Waals surface area contributed by atoms with E-state index in [1.54, 1.807) is 0 Å². The van der Waals surface area contributed by atoms with Crippen LogP contribution in [0.25, 0.3) is 157 Å². The molecule has 20 rings (SSSR count). The molecule has 0 saturated heterocycles. The molecule has 15 aromatic carbocycles. The van der Waals surface area contributed by atoms with Crippen LogP contribution < -0.4 is 0 Å². The summed E-state index contributed by atoms with van der Waals surface area (Å²) >= 11 is 0. The summed E-state index contributed by atoms with van der Waals surface area (Å²) in [6.45, 7) is 0. The second kappa shape index (κ2) is 27.4. The zero-order valence-corrected chi connectivity index (χ0v) is 59.5. The number of hydrogen-bond donors (Lipinski definition) is 0. The summed E-state index contributed by atoms with van der Waals surface area (Å²) in [7, 11) is 0. The standard InChI is InChI=1S/C103H68N6/c1-9-29-67(30-10-1)77-53-78(68-31-11-2-12-32-68)58-85(57-77)99-104-97(105-100(108-99)86-59-79(69-33-13-3-14-34-69)54-80(60-86)70-35-15-4-16-36-70)75-49-51-91-92-52-50-76(66-96(92)103(95(91)65-75)93-47-27-25-45-89(93)90-46-26-28-48-94(90)103)98-106-101(87-61-81(71-37-17-5-18-38-71)55-82(62-87)72-39-19-6-20-40-72)109-102(107-98)88-63-83(73-41-21-7-22-42-73)56-84(64-88)74-43-23-8-24-44-74/h1-63,65-66,84H,64H2. The largest absolute Gasteiger partial charge is 0.209 e. The van der Waals surface area contributed by atoms with Crippen molar-refractivity contribution in [3.63, 3.8) is 0 Å². The van der Waals surface area contributed by atoms with E-state index in [1.807, 2.05) is 0 Å². The Hall–Kier alpha value is -14.2. The number of rotatable bonds is 14. The smallest absolute Gasteiger partial charge is 0.164 e. The predicted octanol–water partition coefficient (Wildman–Crippen LogP) is 25.4. The molecule has 6 nitrogen and oxygen atoms in total. The Bertz CT molecular complexity index is 6040. The molecular weight excluding hydrogens is 1320 g/mol. The van der Waals surface area contributed by atoms with Crippen molar-refractivity contribution in [3.05, 3.63) is 434 Å². The predicted molar refractivity (Wildman–Crippen MR) is 446 cm³/mol. The Morgan fingerprint density at radius 1 is 0.202 bits per heavy atom. The Kier molecular flexibility index (Phi) is 16.2. The molecule has 0 radical (unpaired) electrons. The van der Waals surface area contributed by atoms with E-state index in [0.29, 0.717) is 41.4 Å². The minimum atomic E-state index is -0.816. The molecule has 0 bridgehead atoms. The Labute approximate surface area is 634 Å². The van der Waals surface area contributed by atoms with Gasteiger partial charge in [0.2, 0.25) is 0 Å². The molecule has 1 atom stereocenters. The van der Waals surface area contributed by atoms with Gasteiger partial charge in [0.15, 0.2) is 34.9 Å². The number of fused-ring (bicyclic) bond motifs is 10. The van der Waals surface area contributed by atoms with Crippen molar-refractivity contribution in [1.29, 1.82) is 0 Å². The van der Waals surface area contributed by atoms with Crippen molar-refractivity contribution in [2.45, 2.75) is 17.8 Å². The van der Waals surface area contributed by atoms with Crippen LogP contribution in [0.3, 0.4) is 0 Å².